The highest BCUT2D eigenvalue weighted by atomic mass is 19.3. The monoisotopic (exact) mass is 312 g/mol. The Morgan fingerprint density at radius 3 is 2.59 bits per heavy atom. The number of hydrogen-bond acceptors (Lipinski definition) is 3. The first-order chi connectivity index (χ1) is 10.4. The summed E-state index contributed by atoms with van der Waals surface area (Å²) in [7, 11) is 1.76. The van der Waals surface area contributed by atoms with Crippen molar-refractivity contribution in [1.82, 2.24) is 10.2 Å². The highest BCUT2D eigenvalue weighted by Gasteiger charge is 2.36. The van der Waals surface area contributed by atoms with Gasteiger partial charge < -0.3 is 15.0 Å². The Balaban J connectivity index is 1.96. The molecule has 1 aliphatic rings. The van der Waals surface area contributed by atoms with Crippen molar-refractivity contribution in [1.29, 1.82) is 0 Å². The Hall–Kier alpha value is -1.69. The Morgan fingerprint density at radius 2 is 2.05 bits per heavy atom. The van der Waals surface area contributed by atoms with Gasteiger partial charge in [0.25, 0.3) is 0 Å². The summed E-state index contributed by atoms with van der Waals surface area (Å²) in [4.78, 5) is 14.2. The van der Waals surface area contributed by atoms with Crippen LogP contribution in [0.5, 0.6) is 5.75 Å². The summed E-state index contributed by atoms with van der Waals surface area (Å²) < 4.78 is 28.5. The van der Waals surface area contributed by atoms with Crippen molar-refractivity contribution in [2.75, 3.05) is 13.6 Å². The molecule has 0 bridgehead atoms. The maximum absolute atomic E-state index is 12.6. The quantitative estimate of drug-likeness (QED) is 0.909. The second kappa shape index (κ2) is 7.05. The van der Waals surface area contributed by atoms with Crippen molar-refractivity contribution in [2.45, 2.75) is 44.9 Å². The molecule has 1 aliphatic heterocycles. The lowest BCUT2D eigenvalue weighted by molar-refractivity contribution is -0.137. The molecule has 1 amide bonds. The van der Waals surface area contributed by atoms with Gasteiger partial charge in [-0.2, -0.15) is 8.78 Å². The molecule has 1 saturated heterocycles. The molecule has 1 fully saturated rings. The fourth-order valence-electron chi connectivity index (χ4n) is 2.78. The van der Waals surface area contributed by atoms with E-state index in [0.29, 0.717) is 6.54 Å². The van der Waals surface area contributed by atoms with E-state index < -0.39 is 12.2 Å². The molecular formula is C16H22F2N2O2. The smallest absolute Gasteiger partial charge is 0.387 e. The van der Waals surface area contributed by atoms with Crippen molar-refractivity contribution in [2.24, 2.45) is 0 Å². The third kappa shape index (κ3) is 4.16. The second-order valence-electron chi connectivity index (χ2n) is 5.90. The van der Waals surface area contributed by atoms with Crippen LogP contribution in [0.4, 0.5) is 8.78 Å². The van der Waals surface area contributed by atoms with Gasteiger partial charge in [0.05, 0.1) is 5.54 Å². The number of likely N-dealkylation sites (N-methyl/N-ethyl adjacent to an activating group) is 1. The number of amides is 1. The fraction of sp³-hybridized carbons (Fsp3) is 0.562. The highest BCUT2D eigenvalue weighted by molar-refractivity contribution is 5.85. The molecule has 4 nitrogen and oxygen atoms in total. The van der Waals surface area contributed by atoms with Crippen molar-refractivity contribution in [3.63, 3.8) is 0 Å². The third-order valence-corrected chi connectivity index (χ3v) is 4.01. The second-order valence-corrected chi connectivity index (χ2v) is 5.90. The number of ether oxygens (including phenoxy) is 1. The molecule has 0 spiro atoms. The lowest BCUT2D eigenvalue weighted by Crippen LogP contribution is -2.57. The highest BCUT2D eigenvalue weighted by Crippen LogP contribution is 2.22. The van der Waals surface area contributed by atoms with E-state index in [1.807, 2.05) is 6.92 Å². The maximum atomic E-state index is 12.6. The van der Waals surface area contributed by atoms with Gasteiger partial charge in [-0.25, -0.2) is 0 Å². The topological polar surface area (TPSA) is 41.6 Å². The largest absolute Gasteiger partial charge is 0.435 e. The van der Waals surface area contributed by atoms with Crippen molar-refractivity contribution in [3.8, 4) is 5.75 Å². The SMILES string of the molecule is CN(Cc1ccc(OC(F)F)cc1)C(=O)C1(C)CCCCN1. The van der Waals surface area contributed by atoms with E-state index in [0.717, 1.165) is 31.4 Å². The number of carbonyl (C=O) groups is 1. The van der Waals surface area contributed by atoms with Gasteiger partial charge in [0.15, 0.2) is 0 Å². The Kier molecular flexibility index (Phi) is 5.34. The molecule has 6 heteroatoms. The zero-order valence-corrected chi connectivity index (χ0v) is 12.9. The molecule has 22 heavy (non-hydrogen) atoms. The summed E-state index contributed by atoms with van der Waals surface area (Å²) in [5.41, 5.74) is 0.364. The summed E-state index contributed by atoms with van der Waals surface area (Å²) in [6.07, 6.45) is 2.97. The van der Waals surface area contributed by atoms with Crippen LogP contribution in [0.1, 0.15) is 31.7 Å². The normalized spacial score (nSPS) is 21.7. The Bertz CT molecular complexity index is 499. The Labute approximate surface area is 129 Å². The molecule has 0 aliphatic carbocycles. The minimum absolute atomic E-state index is 0.0557. The van der Waals surface area contributed by atoms with Gasteiger partial charge in [0, 0.05) is 13.6 Å². The Morgan fingerprint density at radius 1 is 1.36 bits per heavy atom. The molecule has 1 N–H and O–H groups in total. The van der Waals surface area contributed by atoms with E-state index in [2.05, 4.69) is 10.1 Å². The van der Waals surface area contributed by atoms with E-state index in [1.165, 1.54) is 12.1 Å². The third-order valence-electron chi connectivity index (χ3n) is 4.01. The summed E-state index contributed by atoms with van der Waals surface area (Å²) in [5, 5.41) is 3.30. The predicted octanol–water partition coefficient (Wildman–Crippen LogP) is 2.78. The van der Waals surface area contributed by atoms with Gasteiger partial charge in [-0.3, -0.25) is 4.79 Å². The van der Waals surface area contributed by atoms with Crippen molar-refractivity contribution >= 4 is 5.91 Å². The number of piperidine rings is 1. The van der Waals surface area contributed by atoms with Crippen LogP contribution >= 0.6 is 0 Å². The molecule has 1 aromatic carbocycles. The van der Waals surface area contributed by atoms with Crippen molar-refractivity contribution < 1.29 is 18.3 Å². The molecule has 2 rings (SSSR count). The van der Waals surface area contributed by atoms with Gasteiger partial charge >= 0.3 is 6.61 Å². The van der Waals surface area contributed by atoms with E-state index >= 15 is 0 Å². The molecule has 122 valence electrons. The van der Waals surface area contributed by atoms with Crippen LogP contribution in [0, 0.1) is 0 Å². The number of nitrogens with zero attached hydrogens (tertiary/aromatic N) is 1. The molecule has 1 atom stereocenters. The van der Waals surface area contributed by atoms with Crippen LogP contribution in [-0.4, -0.2) is 36.5 Å². The van der Waals surface area contributed by atoms with Crippen LogP contribution in [0.3, 0.4) is 0 Å². The number of alkyl halides is 2. The van der Waals surface area contributed by atoms with Crippen LogP contribution in [0.15, 0.2) is 24.3 Å². The molecule has 0 saturated carbocycles. The van der Waals surface area contributed by atoms with Gasteiger partial charge in [0.1, 0.15) is 5.75 Å². The number of hydrogen-bond donors (Lipinski definition) is 1. The van der Waals surface area contributed by atoms with E-state index in [9.17, 15) is 13.6 Å². The van der Waals surface area contributed by atoms with Crippen LogP contribution < -0.4 is 10.1 Å². The molecule has 1 aromatic rings. The standard InChI is InChI=1S/C16H22F2N2O2/c1-16(9-3-4-10-19-16)14(21)20(2)11-12-5-7-13(8-6-12)22-15(17)18/h5-8,15,19H,3-4,9-11H2,1-2H3. The van der Waals surface area contributed by atoms with E-state index in [1.54, 1.807) is 24.1 Å². The lowest BCUT2D eigenvalue weighted by Gasteiger charge is -2.36. The summed E-state index contributed by atoms with van der Waals surface area (Å²) >= 11 is 0. The number of rotatable bonds is 5. The minimum Gasteiger partial charge on any atom is -0.435 e. The molecular weight excluding hydrogens is 290 g/mol. The van der Waals surface area contributed by atoms with Crippen LogP contribution in [0.2, 0.25) is 0 Å². The first-order valence-corrected chi connectivity index (χ1v) is 7.45. The van der Waals surface area contributed by atoms with Gasteiger partial charge in [-0.1, -0.05) is 12.1 Å². The van der Waals surface area contributed by atoms with Crippen LogP contribution in [-0.2, 0) is 11.3 Å². The van der Waals surface area contributed by atoms with Gasteiger partial charge in [-0.05, 0) is 50.4 Å². The first kappa shape index (κ1) is 16.7. The zero-order chi connectivity index (χ0) is 16.2. The summed E-state index contributed by atoms with van der Waals surface area (Å²) in [5.74, 6) is 0.175. The summed E-state index contributed by atoms with van der Waals surface area (Å²) in [6, 6.07) is 6.36. The molecule has 1 unspecified atom stereocenters. The average molecular weight is 312 g/mol. The summed E-state index contributed by atoms with van der Waals surface area (Å²) in [6.45, 7) is 0.401. The van der Waals surface area contributed by atoms with E-state index in [4.69, 9.17) is 0 Å². The number of benzene rings is 1. The molecule has 0 radical (unpaired) electrons. The maximum Gasteiger partial charge on any atom is 0.387 e. The van der Waals surface area contributed by atoms with Gasteiger partial charge in [-0.15, -0.1) is 0 Å². The van der Waals surface area contributed by atoms with Gasteiger partial charge in [0.2, 0.25) is 5.91 Å². The number of nitrogens with one attached hydrogen (secondary N) is 1. The average Bonchev–Trinajstić information content (AvgIpc) is 2.48. The minimum atomic E-state index is -2.83. The van der Waals surface area contributed by atoms with Crippen LogP contribution in [0.25, 0.3) is 0 Å². The van der Waals surface area contributed by atoms with Crippen molar-refractivity contribution in [3.05, 3.63) is 29.8 Å². The number of carbonyl (C=O) groups excluding carboxylic acids is 1. The lowest BCUT2D eigenvalue weighted by atomic mass is 9.89. The van der Waals surface area contributed by atoms with E-state index in [-0.39, 0.29) is 11.7 Å². The predicted molar refractivity (Wildman–Crippen MR) is 79.8 cm³/mol. The first-order valence-electron chi connectivity index (χ1n) is 7.45. The molecule has 0 aromatic heterocycles. The number of halogens is 2. The molecule has 1 heterocycles. The fourth-order valence-corrected chi connectivity index (χ4v) is 2.78. The zero-order valence-electron chi connectivity index (χ0n) is 12.9.